The molecule has 4 aliphatic rings. The number of fused-ring (bicyclic) bond motifs is 5. The minimum atomic E-state index is -3.41. The highest BCUT2D eigenvalue weighted by Gasteiger charge is 2.62. The van der Waals surface area contributed by atoms with Crippen LogP contribution in [0.1, 0.15) is 65.7 Å². The molecule has 4 rings (SSSR count). The van der Waals surface area contributed by atoms with Crippen LogP contribution < -0.4 is 0 Å². The van der Waals surface area contributed by atoms with Crippen LogP contribution >= 0.6 is 0 Å². The van der Waals surface area contributed by atoms with Crippen molar-refractivity contribution in [2.45, 2.75) is 77.9 Å². The largest absolute Gasteiger partial charge is 0.342 e. The van der Waals surface area contributed by atoms with Gasteiger partial charge in [-0.05, 0) is 73.0 Å². The predicted octanol–water partition coefficient (Wildman–Crippen LogP) is 3.44. The molecule has 3 aliphatic carbocycles. The van der Waals surface area contributed by atoms with Crippen LogP contribution in [-0.4, -0.2) is 44.7 Å². The Morgan fingerprint density at radius 1 is 1.15 bits per heavy atom. The molecule has 1 saturated heterocycles. The van der Waals surface area contributed by atoms with Gasteiger partial charge in [-0.3, -0.25) is 8.98 Å². The van der Waals surface area contributed by atoms with Crippen LogP contribution in [0.5, 0.6) is 0 Å². The van der Waals surface area contributed by atoms with Crippen LogP contribution in [0.15, 0.2) is 0 Å². The Bertz CT molecular complexity index is 736. The predicted molar refractivity (Wildman–Crippen MR) is 104 cm³/mol. The molecule has 8 atom stereocenters. The van der Waals surface area contributed by atoms with Crippen molar-refractivity contribution in [2.75, 3.05) is 13.3 Å². The van der Waals surface area contributed by atoms with Crippen molar-refractivity contribution in [3.05, 3.63) is 0 Å². The molecule has 1 heterocycles. The minimum Gasteiger partial charge on any atom is -0.342 e. The number of hydrogen-bond donors (Lipinski definition) is 0. The molecule has 4 unspecified atom stereocenters. The number of amides is 1. The standard InChI is InChI=1S/C21H35NO4S/c1-13-10-17-21(3,9-7-18(23)22(17)4)15-6-8-20(2)12-14(26-27(5,24)25)11-16(20)19(13)15/h13-17,19H,6-12H2,1-5H3/t13-,14+,15?,16?,17?,19?,20+,21+/m0/s1. The summed E-state index contributed by atoms with van der Waals surface area (Å²) < 4.78 is 28.8. The number of carbonyl (C=O) groups excluding carboxylic acids is 1. The van der Waals surface area contributed by atoms with Gasteiger partial charge in [-0.15, -0.1) is 0 Å². The lowest BCUT2D eigenvalue weighted by Crippen LogP contribution is -2.62. The van der Waals surface area contributed by atoms with E-state index in [2.05, 4.69) is 20.8 Å². The summed E-state index contributed by atoms with van der Waals surface area (Å²) in [5, 5.41) is 0. The van der Waals surface area contributed by atoms with E-state index in [1.165, 1.54) is 12.7 Å². The molecule has 1 aliphatic heterocycles. The second-order valence-electron chi connectivity index (χ2n) is 10.6. The summed E-state index contributed by atoms with van der Waals surface area (Å²) in [4.78, 5) is 14.4. The lowest BCUT2D eigenvalue weighted by molar-refractivity contribution is -0.164. The maximum absolute atomic E-state index is 12.3. The van der Waals surface area contributed by atoms with Gasteiger partial charge < -0.3 is 4.90 Å². The maximum atomic E-state index is 12.3. The smallest absolute Gasteiger partial charge is 0.264 e. The molecule has 154 valence electrons. The number of nitrogens with zero attached hydrogens (tertiary/aromatic N) is 1. The molecule has 0 N–H and O–H groups in total. The Hall–Kier alpha value is -0.620. The van der Waals surface area contributed by atoms with Gasteiger partial charge in [0.25, 0.3) is 10.1 Å². The zero-order chi connectivity index (χ0) is 19.8. The van der Waals surface area contributed by atoms with E-state index in [1.54, 1.807) is 0 Å². The van der Waals surface area contributed by atoms with Crippen LogP contribution in [0.2, 0.25) is 0 Å². The molecule has 0 aromatic carbocycles. The Labute approximate surface area is 164 Å². The van der Waals surface area contributed by atoms with Crippen LogP contribution in [0.3, 0.4) is 0 Å². The molecule has 0 bridgehead atoms. The summed E-state index contributed by atoms with van der Waals surface area (Å²) in [6.45, 7) is 7.14. The van der Waals surface area contributed by atoms with Gasteiger partial charge >= 0.3 is 0 Å². The molecular weight excluding hydrogens is 362 g/mol. The average molecular weight is 398 g/mol. The van der Waals surface area contributed by atoms with Crippen molar-refractivity contribution >= 4 is 16.0 Å². The summed E-state index contributed by atoms with van der Waals surface area (Å²) in [5.41, 5.74) is 0.376. The van der Waals surface area contributed by atoms with Crippen molar-refractivity contribution in [3.63, 3.8) is 0 Å². The first-order chi connectivity index (χ1) is 12.4. The summed E-state index contributed by atoms with van der Waals surface area (Å²) in [5.74, 6) is 2.62. The number of hydrogen-bond acceptors (Lipinski definition) is 4. The number of likely N-dealkylation sites (tertiary alicyclic amines) is 1. The fourth-order valence-corrected chi connectivity index (χ4v) is 8.42. The third kappa shape index (κ3) is 3.06. The fraction of sp³-hybridized carbons (Fsp3) is 0.952. The van der Waals surface area contributed by atoms with E-state index < -0.39 is 10.1 Å². The van der Waals surface area contributed by atoms with E-state index in [0.29, 0.717) is 42.0 Å². The zero-order valence-corrected chi connectivity index (χ0v) is 18.2. The van der Waals surface area contributed by atoms with Crippen molar-refractivity contribution < 1.29 is 17.4 Å². The van der Waals surface area contributed by atoms with Gasteiger partial charge in [0, 0.05) is 19.5 Å². The molecule has 3 saturated carbocycles. The van der Waals surface area contributed by atoms with Crippen LogP contribution in [-0.2, 0) is 19.1 Å². The Morgan fingerprint density at radius 2 is 1.85 bits per heavy atom. The highest BCUT2D eigenvalue weighted by atomic mass is 32.2. The van der Waals surface area contributed by atoms with E-state index >= 15 is 0 Å². The topological polar surface area (TPSA) is 63.7 Å². The van der Waals surface area contributed by atoms with Crippen LogP contribution in [0, 0.1) is 34.5 Å². The molecule has 0 aromatic heterocycles. The van der Waals surface area contributed by atoms with Gasteiger partial charge in [0.15, 0.2) is 0 Å². The van der Waals surface area contributed by atoms with E-state index in [9.17, 15) is 13.2 Å². The monoisotopic (exact) mass is 397 g/mol. The van der Waals surface area contributed by atoms with Gasteiger partial charge in [-0.2, -0.15) is 8.42 Å². The lowest BCUT2D eigenvalue weighted by Gasteiger charge is -2.63. The zero-order valence-electron chi connectivity index (χ0n) is 17.4. The quantitative estimate of drug-likeness (QED) is 0.670. The van der Waals surface area contributed by atoms with Gasteiger partial charge in [0.05, 0.1) is 12.4 Å². The van der Waals surface area contributed by atoms with Gasteiger partial charge in [-0.1, -0.05) is 20.8 Å². The van der Waals surface area contributed by atoms with Gasteiger partial charge in [0.2, 0.25) is 5.91 Å². The molecule has 27 heavy (non-hydrogen) atoms. The SMILES string of the molecule is C[C@H]1CC2N(C)C(=O)CC[C@]2(C)C2CC[C@]3(C)C[C@H](OS(C)(=O)=O)CC3C21. The molecule has 0 radical (unpaired) electrons. The first-order valence-corrected chi connectivity index (χ1v) is 12.4. The third-order valence-electron chi connectivity index (χ3n) is 8.97. The molecule has 1 amide bonds. The number of carbonyl (C=O) groups is 1. The summed E-state index contributed by atoms with van der Waals surface area (Å²) in [6, 6.07) is 0.351. The van der Waals surface area contributed by atoms with Gasteiger partial charge in [0.1, 0.15) is 0 Å². The van der Waals surface area contributed by atoms with E-state index in [-0.39, 0.29) is 16.9 Å². The minimum absolute atomic E-state index is 0.165. The van der Waals surface area contributed by atoms with E-state index in [4.69, 9.17) is 4.18 Å². The first-order valence-electron chi connectivity index (χ1n) is 10.6. The van der Waals surface area contributed by atoms with Crippen molar-refractivity contribution in [2.24, 2.45) is 34.5 Å². The van der Waals surface area contributed by atoms with Crippen LogP contribution in [0.25, 0.3) is 0 Å². The second kappa shape index (κ2) is 6.19. The first kappa shape index (κ1) is 19.7. The van der Waals surface area contributed by atoms with Gasteiger partial charge in [-0.25, -0.2) is 0 Å². The molecular formula is C21H35NO4S. The van der Waals surface area contributed by atoms with Crippen LogP contribution in [0.4, 0.5) is 0 Å². The summed E-state index contributed by atoms with van der Waals surface area (Å²) >= 11 is 0. The summed E-state index contributed by atoms with van der Waals surface area (Å²) in [7, 11) is -1.41. The molecule has 5 nitrogen and oxygen atoms in total. The second-order valence-corrected chi connectivity index (χ2v) is 12.2. The Kier molecular flexibility index (Phi) is 4.51. The fourth-order valence-electron chi connectivity index (χ4n) is 7.78. The van der Waals surface area contributed by atoms with E-state index in [1.807, 2.05) is 11.9 Å². The van der Waals surface area contributed by atoms with Crippen molar-refractivity contribution in [3.8, 4) is 0 Å². The maximum Gasteiger partial charge on any atom is 0.264 e. The molecule has 0 aromatic rings. The Morgan fingerprint density at radius 3 is 2.52 bits per heavy atom. The van der Waals surface area contributed by atoms with Crippen molar-refractivity contribution in [1.82, 2.24) is 4.90 Å². The molecule has 4 fully saturated rings. The number of rotatable bonds is 2. The highest BCUT2D eigenvalue weighted by Crippen LogP contribution is 2.66. The normalized spacial score (nSPS) is 50.1. The third-order valence-corrected chi connectivity index (χ3v) is 9.59. The van der Waals surface area contributed by atoms with E-state index in [0.717, 1.165) is 32.1 Å². The highest BCUT2D eigenvalue weighted by molar-refractivity contribution is 7.86. The lowest BCUT2D eigenvalue weighted by atomic mass is 9.45. The van der Waals surface area contributed by atoms with Crippen molar-refractivity contribution in [1.29, 1.82) is 0 Å². The number of piperidine rings is 1. The average Bonchev–Trinajstić information content (AvgIpc) is 2.87. The molecule has 6 heteroatoms. The summed E-state index contributed by atoms with van der Waals surface area (Å²) in [6.07, 6.45) is 7.82. The Balaban J connectivity index is 1.63. The molecule has 0 spiro atoms.